The maximum atomic E-state index is 15.1. The van der Waals surface area contributed by atoms with E-state index in [1.807, 2.05) is 12.3 Å². The molecule has 2 aliphatic heterocycles. The highest BCUT2D eigenvalue weighted by Crippen LogP contribution is 2.37. The summed E-state index contributed by atoms with van der Waals surface area (Å²) in [6.45, 7) is 9.22. The molecule has 182 valence electrons. The number of pyridine rings is 1. The SMILES string of the molecule is COc1cc(Br)c(F)c2nc(-c3ccc(N4[C@@H](C)CC[C@@H]4C)nc3)n(CCN3CCOCC3)c12. The van der Waals surface area contributed by atoms with Gasteiger partial charge in [-0.2, -0.15) is 0 Å². The Balaban J connectivity index is 1.56. The second-order valence-corrected chi connectivity index (χ2v) is 10.1. The van der Waals surface area contributed by atoms with Crippen LogP contribution in [0.5, 0.6) is 5.75 Å². The predicted molar refractivity (Wildman–Crippen MR) is 135 cm³/mol. The van der Waals surface area contributed by atoms with E-state index in [9.17, 15) is 0 Å². The number of rotatable bonds is 6. The highest BCUT2D eigenvalue weighted by atomic mass is 79.9. The Kier molecular flexibility index (Phi) is 6.77. The monoisotopic (exact) mass is 531 g/mol. The lowest BCUT2D eigenvalue weighted by Crippen LogP contribution is -2.38. The summed E-state index contributed by atoms with van der Waals surface area (Å²) in [4.78, 5) is 14.3. The third-order valence-corrected chi connectivity index (χ3v) is 7.64. The predicted octanol–water partition coefficient (Wildman–Crippen LogP) is 4.72. The minimum Gasteiger partial charge on any atom is -0.494 e. The Morgan fingerprint density at radius 3 is 2.53 bits per heavy atom. The Labute approximate surface area is 208 Å². The van der Waals surface area contributed by atoms with Gasteiger partial charge in [-0.05, 0) is 60.8 Å². The van der Waals surface area contributed by atoms with E-state index in [-0.39, 0.29) is 5.82 Å². The first-order valence-electron chi connectivity index (χ1n) is 11.9. The van der Waals surface area contributed by atoms with Crippen molar-refractivity contribution in [2.45, 2.75) is 45.3 Å². The fourth-order valence-electron chi connectivity index (χ4n) is 5.19. The van der Waals surface area contributed by atoms with Crippen molar-refractivity contribution in [1.29, 1.82) is 0 Å². The number of fused-ring (bicyclic) bond motifs is 1. The van der Waals surface area contributed by atoms with Crippen LogP contribution < -0.4 is 9.64 Å². The molecule has 0 radical (unpaired) electrons. The van der Waals surface area contributed by atoms with Gasteiger partial charge in [-0.3, -0.25) is 4.90 Å². The maximum Gasteiger partial charge on any atom is 0.165 e. The molecule has 2 saturated heterocycles. The van der Waals surface area contributed by atoms with Crippen molar-refractivity contribution in [3.63, 3.8) is 0 Å². The molecular formula is C25H31BrFN5O2. The molecule has 0 aliphatic carbocycles. The van der Waals surface area contributed by atoms with Gasteiger partial charge in [-0.25, -0.2) is 14.4 Å². The number of morpholine rings is 1. The third kappa shape index (κ3) is 4.29. The molecule has 1 aromatic carbocycles. The van der Waals surface area contributed by atoms with E-state index in [0.29, 0.717) is 45.7 Å². The van der Waals surface area contributed by atoms with Crippen molar-refractivity contribution in [3.05, 3.63) is 34.7 Å². The van der Waals surface area contributed by atoms with Gasteiger partial charge in [0.25, 0.3) is 0 Å². The van der Waals surface area contributed by atoms with E-state index >= 15 is 4.39 Å². The highest BCUT2D eigenvalue weighted by Gasteiger charge is 2.28. The van der Waals surface area contributed by atoms with Crippen LogP contribution >= 0.6 is 15.9 Å². The van der Waals surface area contributed by atoms with Gasteiger partial charge in [-0.1, -0.05) is 0 Å². The number of ether oxygens (including phenoxy) is 2. The van der Waals surface area contributed by atoms with Crippen molar-refractivity contribution in [1.82, 2.24) is 19.4 Å². The molecule has 0 unspecified atom stereocenters. The van der Waals surface area contributed by atoms with E-state index < -0.39 is 0 Å². The molecule has 4 heterocycles. The quantitative estimate of drug-likeness (QED) is 0.458. The largest absolute Gasteiger partial charge is 0.494 e. The lowest BCUT2D eigenvalue weighted by Gasteiger charge is -2.27. The van der Waals surface area contributed by atoms with Gasteiger partial charge in [0.05, 0.1) is 24.8 Å². The Hall–Kier alpha value is -2.23. The number of anilines is 1. The number of methoxy groups -OCH3 is 1. The van der Waals surface area contributed by atoms with Crippen LogP contribution in [0.1, 0.15) is 26.7 Å². The fraction of sp³-hybridized carbons (Fsp3) is 0.520. The summed E-state index contributed by atoms with van der Waals surface area (Å²) in [6.07, 6.45) is 4.21. The van der Waals surface area contributed by atoms with E-state index in [1.54, 1.807) is 13.2 Å². The second-order valence-electron chi connectivity index (χ2n) is 9.20. The number of imidazole rings is 1. The lowest BCUT2D eigenvalue weighted by atomic mass is 10.2. The average Bonchev–Trinajstić information content (AvgIpc) is 3.40. The zero-order chi connectivity index (χ0) is 23.8. The normalized spacial score (nSPS) is 21.5. The molecule has 2 aromatic heterocycles. The summed E-state index contributed by atoms with van der Waals surface area (Å²) in [5.74, 6) is 1.88. The number of halogens is 2. The molecule has 2 atom stereocenters. The third-order valence-electron chi connectivity index (χ3n) is 7.06. The number of hydrogen-bond donors (Lipinski definition) is 0. The average molecular weight is 532 g/mol. The van der Waals surface area contributed by atoms with Gasteiger partial charge in [0.2, 0.25) is 0 Å². The van der Waals surface area contributed by atoms with Crippen LogP contribution in [0.3, 0.4) is 0 Å². The molecule has 7 nitrogen and oxygen atoms in total. The van der Waals surface area contributed by atoms with Crippen molar-refractivity contribution >= 4 is 32.8 Å². The van der Waals surface area contributed by atoms with Crippen molar-refractivity contribution < 1.29 is 13.9 Å². The van der Waals surface area contributed by atoms with Crippen LogP contribution in [-0.2, 0) is 11.3 Å². The highest BCUT2D eigenvalue weighted by molar-refractivity contribution is 9.10. The van der Waals surface area contributed by atoms with E-state index in [2.05, 4.69) is 50.2 Å². The summed E-state index contributed by atoms with van der Waals surface area (Å²) in [6, 6.07) is 6.73. The molecule has 2 fully saturated rings. The van der Waals surface area contributed by atoms with E-state index in [1.165, 1.54) is 12.8 Å². The lowest BCUT2D eigenvalue weighted by molar-refractivity contribution is 0.0365. The van der Waals surface area contributed by atoms with Gasteiger partial charge in [-0.15, -0.1) is 0 Å². The number of benzene rings is 1. The second kappa shape index (κ2) is 9.79. The molecule has 0 N–H and O–H groups in total. The summed E-state index contributed by atoms with van der Waals surface area (Å²) in [5.41, 5.74) is 1.82. The smallest absolute Gasteiger partial charge is 0.165 e. The van der Waals surface area contributed by atoms with E-state index in [4.69, 9.17) is 19.4 Å². The minimum absolute atomic E-state index is 0.300. The molecule has 0 saturated carbocycles. The standard InChI is InChI=1S/C25H31BrFN5O2/c1-16-4-5-17(2)32(16)21-7-6-18(15-28-21)25-29-23-22(27)19(26)14-20(33-3)24(23)31(25)9-8-30-10-12-34-13-11-30/h6-7,14-17H,4-5,8-13H2,1-3H3/t16-,17-/m0/s1. The summed E-state index contributed by atoms with van der Waals surface area (Å²) >= 11 is 3.31. The Morgan fingerprint density at radius 1 is 1.15 bits per heavy atom. The minimum atomic E-state index is -0.383. The zero-order valence-electron chi connectivity index (χ0n) is 19.9. The fourth-order valence-corrected chi connectivity index (χ4v) is 5.59. The topological polar surface area (TPSA) is 55.7 Å². The van der Waals surface area contributed by atoms with Gasteiger partial charge in [0.1, 0.15) is 28.4 Å². The molecule has 2 aliphatic rings. The summed E-state index contributed by atoms with van der Waals surface area (Å²) < 4.78 is 28.7. The van der Waals surface area contributed by atoms with Gasteiger partial charge >= 0.3 is 0 Å². The Morgan fingerprint density at radius 2 is 1.88 bits per heavy atom. The van der Waals surface area contributed by atoms with Crippen LogP contribution in [-0.4, -0.2) is 71.5 Å². The van der Waals surface area contributed by atoms with Crippen molar-refractivity contribution in [2.24, 2.45) is 0 Å². The summed E-state index contributed by atoms with van der Waals surface area (Å²) in [7, 11) is 1.60. The van der Waals surface area contributed by atoms with Crippen LogP contribution in [0.4, 0.5) is 10.2 Å². The van der Waals surface area contributed by atoms with E-state index in [0.717, 1.165) is 44.2 Å². The molecule has 5 rings (SSSR count). The first kappa shape index (κ1) is 23.5. The molecule has 0 spiro atoms. The first-order valence-corrected chi connectivity index (χ1v) is 12.7. The maximum absolute atomic E-state index is 15.1. The van der Waals surface area contributed by atoms with Crippen LogP contribution in [0.2, 0.25) is 0 Å². The van der Waals surface area contributed by atoms with Gasteiger partial charge in [0.15, 0.2) is 5.82 Å². The number of aromatic nitrogens is 3. The van der Waals surface area contributed by atoms with Crippen LogP contribution in [0, 0.1) is 5.82 Å². The van der Waals surface area contributed by atoms with Crippen molar-refractivity contribution in [3.8, 4) is 17.1 Å². The van der Waals surface area contributed by atoms with Crippen molar-refractivity contribution in [2.75, 3.05) is 44.9 Å². The zero-order valence-corrected chi connectivity index (χ0v) is 21.5. The molecule has 34 heavy (non-hydrogen) atoms. The Bertz CT molecular complexity index is 1150. The van der Waals surface area contributed by atoms with Crippen LogP contribution in [0.25, 0.3) is 22.4 Å². The molecule has 3 aromatic rings. The molecule has 0 bridgehead atoms. The number of nitrogens with zero attached hydrogens (tertiary/aromatic N) is 5. The molecule has 0 amide bonds. The van der Waals surface area contributed by atoms with Crippen LogP contribution in [0.15, 0.2) is 28.9 Å². The number of hydrogen-bond acceptors (Lipinski definition) is 6. The summed E-state index contributed by atoms with van der Waals surface area (Å²) in [5, 5.41) is 0. The molecule has 9 heteroatoms. The van der Waals surface area contributed by atoms with Gasteiger partial charge in [0, 0.05) is 50.0 Å². The first-order chi connectivity index (χ1) is 16.5. The molecular weight excluding hydrogens is 501 g/mol. The van der Waals surface area contributed by atoms with Gasteiger partial charge < -0.3 is 18.9 Å².